The molecule has 18 heavy (non-hydrogen) atoms. The molecule has 0 heterocycles. The lowest BCUT2D eigenvalue weighted by atomic mass is 9.97. The van der Waals surface area contributed by atoms with E-state index in [4.69, 9.17) is 4.74 Å². The highest BCUT2D eigenvalue weighted by Gasteiger charge is 2.11. The number of ether oxygens (including phenoxy) is 1. The lowest BCUT2D eigenvalue weighted by molar-refractivity contribution is -0.139. The van der Waals surface area contributed by atoms with Crippen LogP contribution in [0.3, 0.4) is 0 Å². The fourth-order valence-electron chi connectivity index (χ4n) is 1.51. The summed E-state index contributed by atoms with van der Waals surface area (Å²) in [4.78, 5) is 21.7. The Morgan fingerprint density at radius 3 is 2.72 bits per heavy atom. The van der Waals surface area contributed by atoms with Gasteiger partial charge in [-0.15, -0.1) is 0 Å². The van der Waals surface area contributed by atoms with Gasteiger partial charge in [-0.25, -0.2) is 0 Å². The molecule has 1 atom stereocenters. The Balaban J connectivity index is 2.55. The smallest absolute Gasteiger partial charge is 0.302 e. The van der Waals surface area contributed by atoms with E-state index in [0.717, 1.165) is 15.4 Å². The third-order valence-corrected chi connectivity index (χ3v) is 3.39. The molecule has 0 aromatic heterocycles. The van der Waals surface area contributed by atoms with Crippen LogP contribution < -0.4 is 0 Å². The van der Waals surface area contributed by atoms with Crippen molar-refractivity contribution >= 4 is 34.8 Å². The number of benzene rings is 1. The highest BCUT2D eigenvalue weighted by molar-refractivity contribution is 14.1. The Labute approximate surface area is 120 Å². The van der Waals surface area contributed by atoms with Gasteiger partial charge >= 0.3 is 5.97 Å². The van der Waals surface area contributed by atoms with Crippen LogP contribution in [0.5, 0.6) is 0 Å². The van der Waals surface area contributed by atoms with Crippen molar-refractivity contribution in [2.45, 2.75) is 19.3 Å². The molecule has 0 N–H and O–H groups in total. The van der Waals surface area contributed by atoms with Crippen molar-refractivity contribution in [3.8, 4) is 0 Å². The average Bonchev–Trinajstić information content (AvgIpc) is 2.35. The highest BCUT2D eigenvalue weighted by atomic mass is 127. The summed E-state index contributed by atoms with van der Waals surface area (Å²) in [5, 5.41) is 0. The highest BCUT2D eigenvalue weighted by Crippen LogP contribution is 2.23. The van der Waals surface area contributed by atoms with Gasteiger partial charge in [0.25, 0.3) is 0 Å². The summed E-state index contributed by atoms with van der Waals surface area (Å²) in [5.74, 6) is -0.448. The first-order valence-corrected chi connectivity index (χ1v) is 6.71. The van der Waals surface area contributed by atoms with Gasteiger partial charge in [0.15, 0.2) is 0 Å². The summed E-state index contributed by atoms with van der Waals surface area (Å²) in [5.41, 5.74) is 1.03. The minimum absolute atomic E-state index is 0.147. The third kappa shape index (κ3) is 5.00. The average molecular weight is 358 g/mol. The lowest BCUT2D eigenvalue weighted by Crippen LogP contribution is -2.02. The van der Waals surface area contributed by atoms with Crippen molar-refractivity contribution in [3.05, 3.63) is 45.6 Å². The fourth-order valence-corrected chi connectivity index (χ4v) is 2.30. The molecule has 1 unspecified atom stereocenters. The van der Waals surface area contributed by atoms with E-state index in [1.54, 1.807) is 6.08 Å². The third-order valence-electron chi connectivity index (χ3n) is 2.41. The predicted octanol–water partition coefficient (Wildman–Crippen LogP) is 3.08. The number of halogens is 1. The minimum Gasteiger partial charge on any atom is -0.462 e. The summed E-state index contributed by atoms with van der Waals surface area (Å²) in [6.45, 7) is 1.63. The van der Waals surface area contributed by atoms with E-state index in [2.05, 4.69) is 22.6 Å². The van der Waals surface area contributed by atoms with Gasteiger partial charge < -0.3 is 9.53 Å². The molecule has 0 aliphatic carbocycles. The molecule has 0 saturated carbocycles. The maximum Gasteiger partial charge on any atom is 0.302 e. The molecule has 0 spiro atoms. The molecule has 0 saturated heterocycles. The number of carbonyl (C=O) groups is 2. The van der Waals surface area contributed by atoms with Gasteiger partial charge in [0.1, 0.15) is 12.9 Å². The maximum atomic E-state index is 11.1. The molecule has 1 aromatic rings. The van der Waals surface area contributed by atoms with Crippen LogP contribution in [0.4, 0.5) is 0 Å². The van der Waals surface area contributed by atoms with Crippen LogP contribution in [0.1, 0.15) is 24.8 Å². The Kier molecular flexibility index (Phi) is 6.64. The number of carbonyl (C=O) groups excluding carboxylic acids is 2. The van der Waals surface area contributed by atoms with E-state index in [9.17, 15) is 9.59 Å². The Morgan fingerprint density at radius 1 is 1.39 bits per heavy atom. The molecule has 0 amide bonds. The number of allylic oxidation sites excluding steroid dienone is 1. The molecule has 1 rings (SSSR count). The fraction of sp³-hybridized carbons (Fsp3) is 0.286. The topological polar surface area (TPSA) is 43.4 Å². The molecular formula is C14H15IO3. The van der Waals surface area contributed by atoms with Gasteiger partial charge in [0.05, 0.1) is 0 Å². The van der Waals surface area contributed by atoms with E-state index < -0.39 is 0 Å². The van der Waals surface area contributed by atoms with E-state index in [1.165, 1.54) is 6.92 Å². The molecule has 96 valence electrons. The molecule has 1 aromatic carbocycles. The first-order chi connectivity index (χ1) is 8.65. The Morgan fingerprint density at radius 2 is 2.11 bits per heavy atom. The van der Waals surface area contributed by atoms with Gasteiger partial charge in [-0.1, -0.05) is 30.4 Å². The first-order valence-electron chi connectivity index (χ1n) is 5.63. The van der Waals surface area contributed by atoms with Crippen LogP contribution in [0.15, 0.2) is 36.4 Å². The van der Waals surface area contributed by atoms with E-state index in [0.29, 0.717) is 6.42 Å². The van der Waals surface area contributed by atoms with Crippen molar-refractivity contribution in [1.82, 2.24) is 0 Å². The van der Waals surface area contributed by atoms with E-state index in [-0.39, 0.29) is 18.5 Å². The molecular weight excluding hydrogens is 343 g/mol. The predicted molar refractivity (Wildman–Crippen MR) is 78.4 cm³/mol. The minimum atomic E-state index is -0.302. The molecule has 0 radical (unpaired) electrons. The maximum absolute atomic E-state index is 11.1. The quantitative estimate of drug-likeness (QED) is 0.340. The normalized spacial score (nSPS) is 12.3. The van der Waals surface area contributed by atoms with Crippen molar-refractivity contribution < 1.29 is 14.3 Å². The molecule has 3 nitrogen and oxygen atoms in total. The molecule has 4 heteroatoms. The lowest BCUT2D eigenvalue weighted by Gasteiger charge is -2.10. The number of hydrogen-bond acceptors (Lipinski definition) is 3. The number of aldehydes is 1. The zero-order valence-electron chi connectivity index (χ0n) is 10.1. The second kappa shape index (κ2) is 8.02. The van der Waals surface area contributed by atoms with Crippen molar-refractivity contribution in [2.75, 3.05) is 6.61 Å². The summed E-state index contributed by atoms with van der Waals surface area (Å²) in [7, 11) is 0. The van der Waals surface area contributed by atoms with E-state index in [1.807, 2.05) is 30.3 Å². The number of hydrogen-bond donors (Lipinski definition) is 0. The molecule has 0 fully saturated rings. The first kappa shape index (κ1) is 14.9. The van der Waals surface area contributed by atoms with Gasteiger partial charge in [-0.2, -0.15) is 0 Å². The molecule has 0 aliphatic rings. The monoisotopic (exact) mass is 358 g/mol. The van der Waals surface area contributed by atoms with Crippen LogP contribution >= 0.6 is 22.6 Å². The standard InChI is InChI=1S/C14H15IO3/c1-11(17)18-9-5-4-6-12(10-16)13-7-2-3-8-14(13)15/h2-5,7-8,10,12H,6,9H2,1H3/b5-4-. The summed E-state index contributed by atoms with van der Waals surface area (Å²) >= 11 is 2.22. The second-order valence-electron chi connectivity index (χ2n) is 3.77. The second-order valence-corrected chi connectivity index (χ2v) is 4.94. The van der Waals surface area contributed by atoms with Crippen LogP contribution in [-0.4, -0.2) is 18.9 Å². The summed E-state index contributed by atoms with van der Waals surface area (Å²) in [6.07, 6.45) is 5.19. The summed E-state index contributed by atoms with van der Waals surface area (Å²) in [6, 6.07) is 7.82. The van der Waals surface area contributed by atoms with Crippen molar-refractivity contribution in [2.24, 2.45) is 0 Å². The van der Waals surface area contributed by atoms with Gasteiger partial charge in [-0.05, 0) is 40.6 Å². The van der Waals surface area contributed by atoms with Gasteiger partial charge in [0, 0.05) is 16.4 Å². The van der Waals surface area contributed by atoms with Crippen LogP contribution in [0, 0.1) is 3.57 Å². The SMILES string of the molecule is CC(=O)OC/C=C\CC(C=O)c1ccccc1I. The zero-order valence-corrected chi connectivity index (χ0v) is 12.3. The van der Waals surface area contributed by atoms with E-state index >= 15 is 0 Å². The zero-order chi connectivity index (χ0) is 13.4. The van der Waals surface area contributed by atoms with Crippen molar-refractivity contribution in [1.29, 1.82) is 0 Å². The number of esters is 1. The van der Waals surface area contributed by atoms with Gasteiger partial charge in [0.2, 0.25) is 0 Å². The largest absolute Gasteiger partial charge is 0.462 e. The summed E-state index contributed by atoms with van der Waals surface area (Å²) < 4.78 is 5.86. The van der Waals surface area contributed by atoms with Crippen LogP contribution in [0.25, 0.3) is 0 Å². The van der Waals surface area contributed by atoms with Crippen LogP contribution in [-0.2, 0) is 14.3 Å². The Hall–Kier alpha value is -1.17. The molecule has 0 aliphatic heterocycles. The van der Waals surface area contributed by atoms with Gasteiger partial charge in [-0.3, -0.25) is 4.79 Å². The van der Waals surface area contributed by atoms with Crippen LogP contribution in [0.2, 0.25) is 0 Å². The Bertz CT molecular complexity index is 440. The number of rotatable bonds is 6. The van der Waals surface area contributed by atoms with Crippen molar-refractivity contribution in [3.63, 3.8) is 0 Å². The molecule has 0 bridgehead atoms.